The first-order valence-corrected chi connectivity index (χ1v) is 62.7. The number of benzene rings is 12. The van der Waals surface area contributed by atoms with E-state index >= 15 is 0 Å². The Bertz CT molecular complexity index is 5420. The van der Waals surface area contributed by atoms with Gasteiger partial charge in [-0.1, -0.05) is 516 Å². The van der Waals surface area contributed by atoms with Crippen molar-refractivity contribution in [3.63, 3.8) is 0 Å². The van der Waals surface area contributed by atoms with E-state index in [1.54, 1.807) is 79.0 Å². The molecule has 9 aliphatic rings. The Hall–Kier alpha value is -5.66. The fourth-order valence-corrected chi connectivity index (χ4v) is 42.0. The molecule has 0 bridgehead atoms. The Morgan fingerprint density at radius 3 is 0.946 bits per heavy atom. The summed E-state index contributed by atoms with van der Waals surface area (Å²) >= 11 is 0. The quantitative estimate of drug-likeness (QED) is 0.0449. The van der Waals surface area contributed by atoms with E-state index in [2.05, 4.69) is 372 Å². The number of ether oxygens (including phenoxy) is 1. The van der Waals surface area contributed by atoms with Gasteiger partial charge in [0.1, 0.15) is 6.61 Å². The predicted octanol–water partition coefficient (Wildman–Crippen LogP) is 37.8. The molecule has 0 saturated heterocycles. The van der Waals surface area contributed by atoms with E-state index in [4.69, 9.17) is 9.73 Å². The average molecular weight is 2220 g/mol. The summed E-state index contributed by atoms with van der Waals surface area (Å²) in [6, 6.07) is 98.1. The molecule has 0 aromatic heterocycles. The van der Waals surface area contributed by atoms with Gasteiger partial charge in [-0.25, -0.2) is 4.99 Å². The average Bonchev–Trinajstić information content (AvgIpc) is 1.56. The van der Waals surface area contributed by atoms with E-state index in [-0.39, 0.29) is 101 Å². The molecule has 0 radical (unpaired) electrons. The molecule has 808 valence electrons. The molecule has 149 heavy (non-hydrogen) atoms. The van der Waals surface area contributed by atoms with Gasteiger partial charge < -0.3 is 49.3 Å². The summed E-state index contributed by atoms with van der Waals surface area (Å²) in [7, 11) is -2.40. The van der Waals surface area contributed by atoms with Crippen LogP contribution in [0, 0.1) is 149 Å². The van der Waals surface area contributed by atoms with Crippen molar-refractivity contribution in [1.82, 2.24) is 0 Å². The maximum atomic E-state index is 5.80. The number of nitrogens with zero attached hydrogens (tertiary/aromatic N) is 1. The van der Waals surface area contributed by atoms with Crippen LogP contribution in [-0.4, -0.2) is 46.8 Å². The van der Waals surface area contributed by atoms with Crippen LogP contribution < -0.4 is 53.0 Å². The molecule has 10 heteroatoms. The minimum absolute atomic E-state index is 0. The zero-order chi connectivity index (χ0) is 98.2. The van der Waals surface area contributed by atoms with Crippen LogP contribution in [0.3, 0.4) is 0 Å². The van der Waals surface area contributed by atoms with Crippen molar-refractivity contribution < 1.29 is 55.9 Å². The minimum atomic E-state index is -0.785. The number of fused-ring (bicyclic) bond motifs is 2. The molecule has 7 unspecified atom stereocenters. The van der Waals surface area contributed by atoms with Crippen LogP contribution >= 0.6 is 39.6 Å². The molecule has 0 spiro atoms. The van der Waals surface area contributed by atoms with E-state index in [0.29, 0.717) is 37.1 Å². The normalized spacial score (nSPS) is 19.6. The van der Waals surface area contributed by atoms with Crippen LogP contribution in [0.25, 0.3) is 32.7 Å². The zero-order valence-corrected chi connectivity index (χ0v) is 104. The van der Waals surface area contributed by atoms with Crippen LogP contribution in [0.5, 0.6) is 0 Å². The molecule has 8 fully saturated rings. The summed E-state index contributed by atoms with van der Waals surface area (Å²) in [4.78, 5) is 4.79. The predicted molar refractivity (Wildman–Crippen MR) is 668 cm³/mol. The number of aliphatic imine (C=N–C) groups is 1. The van der Waals surface area contributed by atoms with E-state index < -0.39 is 31.7 Å². The Balaban J connectivity index is 0.000000299. The monoisotopic (exact) mass is 2210 g/mol. The fourth-order valence-electron chi connectivity index (χ4n) is 25.2. The first kappa shape index (κ1) is 132. The number of hydrogen-bond donors (Lipinski definition) is 0. The van der Waals surface area contributed by atoms with Gasteiger partial charge in [-0.3, -0.25) is 0 Å². The SMILES string of the molecule is C1CCCC1.C1CCCC1.C1CCCC1.CC1CCCC1C1=N[C@@H](C(C)(C)C)CO1.CC1CCCC1[C@@H](C)P(C1CCCCC1)C1CCCCC1.Cc1cc(C)cc(P(c2cc(C)cc(C)c2)C(C)C2CCCC2P(c2cccc3ccccc23)c2cccc3ccccc23)c1.Cc1ccc(P(c2ccc(C)cc2)c2cccc(C)c2-c2c(C)cccc2P(c2ccc(C)cc2)c2ccc(C)cc2)cc1.[CH3-].[CH3-].[CH3-].[CH3-].[CH3-].[CH3-].[Fe+2].[Fe+2].[Fe+2]. The molecule has 12 aromatic rings. The molecule has 21 rings (SSSR count). The van der Waals surface area contributed by atoms with Crippen molar-refractivity contribution in [2.24, 2.45) is 40.0 Å². The molecular weight excluding hydrogens is 2020 g/mol. The third kappa shape index (κ3) is 35.7. The largest absolute Gasteiger partial charge is 2.00 e. The summed E-state index contributed by atoms with van der Waals surface area (Å²) in [6.45, 7) is 40.1. The molecule has 1 aliphatic heterocycles. The Labute approximate surface area is 951 Å². The molecule has 2 nitrogen and oxygen atoms in total. The van der Waals surface area contributed by atoms with Gasteiger partial charge in [0.25, 0.3) is 0 Å². The van der Waals surface area contributed by atoms with Gasteiger partial charge in [-0.2, -0.15) is 0 Å². The van der Waals surface area contributed by atoms with Gasteiger partial charge in [0.05, 0.1) is 6.04 Å². The smallest absolute Gasteiger partial charge is 0.478 e. The summed E-state index contributed by atoms with van der Waals surface area (Å²) in [5.74, 6) is 5.19. The molecule has 0 N–H and O–H groups in total. The van der Waals surface area contributed by atoms with Gasteiger partial charge in [0.2, 0.25) is 0 Å². The Morgan fingerprint density at radius 2 is 0.611 bits per heavy atom. The summed E-state index contributed by atoms with van der Waals surface area (Å²) < 4.78 is 5.80. The molecule has 12 aromatic carbocycles. The standard InChI is InChI=1S/C43H44P2.C42H40P2.C20H37P.C13H23NO.3C5H10.6CH3.3Fe/c1-29-23-30(2)26-36(25-29)44(37-27-31(3)24-32(4)28-37)33(5)38-19-12-22-41(38)45(42-20-10-15-34-13-6-8-17-39(34)42)43-21-11-16-35-14-7-9-18-40(35)43;1-29-13-21-35(22-14-29)43(36-23-15-30(2)16-24-36)39-11-7-9-33(5)41(39)42-34(6)10-8-12-40(42)44(37-25-17-31(3)18-26-37)38-27-19-32(4)20-28-38;1-16-10-9-15-20(16)17(2)21(18-11-5-3-6-12-18)19-13-7-4-8-14-19;1-9-6-5-7-10(9)12-14-11(8-15-12)13(2,3)4;3*1-2-4-5-3-1;;;;;;;;;/h6-11,13-18,20-21,23-28,33,38,41H,12,19,22H2,1-5H3;7-28H,1-6H3;16-20H,3-15H2,1-2H3;9-11H,5-8H2,1-4H3;3*1-5H2;6*1H3;;;/q;;;;;;;6*-1;3*+2/t;;16?,17-,20?;9?,10?,11-;;;;;;;;;;;;/m..11............/s1. The van der Waals surface area contributed by atoms with Crippen LogP contribution in [0.2, 0.25) is 0 Å². The summed E-state index contributed by atoms with van der Waals surface area (Å²) in [5.41, 5.74) is 20.9. The maximum Gasteiger partial charge on any atom is 2.00 e. The second-order valence-electron chi connectivity index (χ2n) is 45.1. The molecule has 0 amide bonds. The van der Waals surface area contributed by atoms with Crippen LogP contribution in [0.4, 0.5) is 0 Å². The molecule has 8 aliphatic carbocycles. The van der Waals surface area contributed by atoms with Gasteiger partial charge in [-0.05, 0) is 313 Å². The Morgan fingerprint density at radius 1 is 0.295 bits per heavy atom. The van der Waals surface area contributed by atoms with Crippen LogP contribution in [-0.2, 0) is 55.9 Å². The third-order valence-corrected chi connectivity index (χ3v) is 47.9. The summed E-state index contributed by atoms with van der Waals surface area (Å²) in [6.07, 6.45) is 50.6. The Kier molecular flexibility index (Phi) is 58.0. The van der Waals surface area contributed by atoms with E-state index in [0.717, 1.165) is 47.2 Å². The van der Waals surface area contributed by atoms with Gasteiger partial charge >= 0.3 is 51.2 Å². The van der Waals surface area contributed by atoms with Gasteiger partial charge in [-0.15, -0.1) is 0 Å². The molecule has 9 atom stereocenters. The first-order valence-electron chi connectivity index (χ1n) is 55.7. The second-order valence-corrected chi connectivity index (χ2v) is 57.6. The first-order chi connectivity index (χ1) is 67.9. The van der Waals surface area contributed by atoms with Crippen LogP contribution in [0.15, 0.2) is 260 Å². The number of aryl methyl sites for hydroxylation is 10. The van der Waals surface area contributed by atoms with Crippen molar-refractivity contribution in [2.45, 2.75) is 370 Å². The van der Waals surface area contributed by atoms with Crippen molar-refractivity contribution >= 4 is 120 Å². The van der Waals surface area contributed by atoms with Crippen molar-refractivity contribution in [3.05, 3.63) is 355 Å². The van der Waals surface area contributed by atoms with Crippen LogP contribution in [0.1, 0.15) is 322 Å². The zero-order valence-electron chi connectivity index (χ0n) is 96.5. The topological polar surface area (TPSA) is 21.6 Å². The van der Waals surface area contributed by atoms with E-state index in [1.165, 1.54) is 281 Å². The third-order valence-electron chi connectivity index (χ3n) is 32.9. The summed E-state index contributed by atoms with van der Waals surface area (Å²) in [5, 5.41) is 20.2. The van der Waals surface area contributed by atoms with Gasteiger partial charge in [0, 0.05) is 5.92 Å². The fraction of sp³-hybridized carbons (Fsp3) is 0.460. The van der Waals surface area contributed by atoms with Crippen molar-refractivity contribution in [2.75, 3.05) is 6.61 Å². The van der Waals surface area contributed by atoms with E-state index in [1.807, 2.05) is 0 Å². The maximum absolute atomic E-state index is 5.80. The van der Waals surface area contributed by atoms with Crippen molar-refractivity contribution in [1.29, 1.82) is 0 Å². The second kappa shape index (κ2) is 65.5. The minimum Gasteiger partial charge on any atom is -0.478 e. The van der Waals surface area contributed by atoms with Crippen molar-refractivity contribution in [3.8, 4) is 11.1 Å². The van der Waals surface area contributed by atoms with Gasteiger partial charge in [0.15, 0.2) is 5.90 Å². The molecule has 8 saturated carbocycles. The molecule has 1 heterocycles. The van der Waals surface area contributed by atoms with E-state index in [9.17, 15) is 0 Å². The number of rotatable bonds is 19. The molecular formula is C139H192Fe3NOP5. The number of hydrogen-bond acceptors (Lipinski definition) is 2.